The van der Waals surface area contributed by atoms with Gasteiger partial charge in [-0.1, -0.05) is 5.23 Å². The van der Waals surface area contributed by atoms with Crippen LogP contribution in [0.3, 0.4) is 0 Å². The van der Waals surface area contributed by atoms with Crippen molar-refractivity contribution < 1.29 is 0 Å². The van der Waals surface area contributed by atoms with Crippen LogP contribution in [0.4, 0.5) is 0 Å². The predicted molar refractivity (Wildman–Crippen MR) is 74.3 cm³/mol. The summed E-state index contributed by atoms with van der Waals surface area (Å²) in [5.41, 5.74) is 0. The topological polar surface area (TPSA) is 19.4 Å². The van der Waals surface area contributed by atoms with Crippen LogP contribution >= 0.6 is 30.4 Å². The van der Waals surface area contributed by atoms with Gasteiger partial charge in [0.05, 0.1) is 7.45 Å². The molecule has 4 saturated heterocycles. The zero-order valence-electron chi connectivity index (χ0n) is 10.5. The molecule has 6 atom stereocenters. The van der Waals surface area contributed by atoms with Gasteiger partial charge in [0.15, 0.2) is 0 Å². The predicted octanol–water partition coefficient (Wildman–Crippen LogP) is 2.53. The van der Waals surface area contributed by atoms with Crippen LogP contribution in [0.5, 0.6) is 0 Å². The van der Waals surface area contributed by atoms with Crippen LogP contribution in [0, 0.1) is 0 Å². The Morgan fingerprint density at radius 3 is 2.06 bits per heavy atom. The summed E-state index contributed by atoms with van der Waals surface area (Å²) in [5.74, 6) is 0. The maximum absolute atomic E-state index is 2.50. The van der Waals surface area contributed by atoms with Gasteiger partial charge in [-0.15, -0.1) is 10.0 Å². The Kier molecular flexibility index (Phi) is 3.12. The molecule has 6 unspecified atom stereocenters. The Morgan fingerprint density at radius 1 is 0.812 bits per heavy atom. The molecular weight excluding hydrogens is 280 g/mol. The van der Waals surface area contributed by atoms with Crippen LogP contribution in [0.2, 0.25) is 0 Å². The van der Waals surface area contributed by atoms with Crippen molar-refractivity contribution in [2.45, 2.75) is 0 Å². The van der Waals surface area contributed by atoms with Crippen molar-refractivity contribution >= 4 is 30.4 Å². The molecule has 0 spiro atoms. The molecule has 6 nitrogen and oxygen atoms in total. The first-order valence-corrected chi connectivity index (χ1v) is 13.3. The lowest BCUT2D eigenvalue weighted by atomic mass is 11.3. The average molecular weight is 298 g/mol. The molecule has 0 amide bonds. The van der Waals surface area contributed by atoms with E-state index in [-0.39, 0.29) is 30.4 Å². The fraction of sp³-hybridized carbons (Fsp3) is 1.00. The third-order valence-corrected chi connectivity index (χ3v) is 25.1. The number of hydrogen-bond donors (Lipinski definition) is 0. The van der Waals surface area contributed by atoms with E-state index in [0.717, 1.165) is 0 Å². The standard InChI is InChI=1S/C6H18N6P4/c1-7-11-8(2)15-10(4)12(7)13(5)16(9(11)3)14(15)6/h1-6H3. The quantitative estimate of drug-likeness (QED) is 0.636. The number of rotatable bonds is 0. The van der Waals surface area contributed by atoms with Gasteiger partial charge in [0, 0.05) is 36.0 Å². The molecule has 4 bridgehead atoms. The zero-order valence-corrected chi connectivity index (χ0v) is 14.0. The van der Waals surface area contributed by atoms with Crippen molar-refractivity contribution in [3.63, 3.8) is 0 Å². The highest BCUT2D eigenvalue weighted by atomic mass is 32.7. The Bertz CT molecular complexity index is 218. The fourth-order valence-electron chi connectivity index (χ4n) is 2.68. The van der Waals surface area contributed by atoms with Crippen LogP contribution in [-0.2, 0) is 0 Å². The van der Waals surface area contributed by atoms with E-state index in [1.165, 1.54) is 0 Å². The Hall–Kier alpha value is 1.48. The van der Waals surface area contributed by atoms with E-state index in [1.54, 1.807) is 0 Å². The monoisotopic (exact) mass is 298 g/mol. The zero-order chi connectivity index (χ0) is 11.8. The van der Waals surface area contributed by atoms with Crippen molar-refractivity contribution in [1.82, 2.24) is 29.6 Å². The highest BCUT2D eigenvalue weighted by Gasteiger charge is 2.60. The minimum absolute atomic E-state index is 0.0435. The number of hydrazine groups is 5. The van der Waals surface area contributed by atoms with Gasteiger partial charge >= 0.3 is 0 Å². The van der Waals surface area contributed by atoms with E-state index in [9.17, 15) is 0 Å². The minimum Gasteiger partial charge on any atom is -0.184 e. The molecule has 0 saturated carbocycles. The van der Waals surface area contributed by atoms with E-state index in [1.807, 2.05) is 0 Å². The molecule has 10 heteroatoms. The Balaban J connectivity index is 2.07. The third kappa shape index (κ3) is 1.33. The highest BCUT2D eigenvalue weighted by molar-refractivity contribution is 8.75. The number of nitrogens with zero attached hydrogens (tertiary/aromatic N) is 6. The second-order valence-electron chi connectivity index (χ2n) is 4.01. The van der Waals surface area contributed by atoms with Gasteiger partial charge in [-0.25, -0.2) is 0 Å². The van der Waals surface area contributed by atoms with Crippen molar-refractivity contribution in [1.29, 1.82) is 0 Å². The second-order valence-corrected chi connectivity index (χ2v) is 19.7. The van der Waals surface area contributed by atoms with Crippen LogP contribution in [0.15, 0.2) is 0 Å². The maximum Gasteiger partial charge on any atom is 0.103 e. The normalized spacial score (nSPS) is 55.1. The second kappa shape index (κ2) is 3.99. The van der Waals surface area contributed by atoms with Crippen molar-refractivity contribution in [2.75, 3.05) is 41.5 Å². The largest absolute Gasteiger partial charge is 0.184 e. The summed E-state index contributed by atoms with van der Waals surface area (Å²) in [7, 11) is 8.88. The first kappa shape index (κ1) is 12.5. The molecular formula is C6H18N6P4. The molecule has 0 aliphatic carbocycles. The lowest BCUT2D eigenvalue weighted by Gasteiger charge is -2.71. The molecule has 16 heavy (non-hydrogen) atoms. The molecule has 4 rings (SSSR count). The van der Waals surface area contributed by atoms with Crippen molar-refractivity contribution in [3.8, 4) is 0 Å². The van der Waals surface area contributed by atoms with Crippen LogP contribution < -0.4 is 0 Å². The molecule has 0 aromatic rings. The van der Waals surface area contributed by atoms with Gasteiger partial charge in [0.25, 0.3) is 0 Å². The highest BCUT2D eigenvalue weighted by Crippen LogP contribution is 3.04. The molecule has 0 radical (unpaired) electrons. The maximum atomic E-state index is 2.50. The molecule has 0 N–H and O–H groups in total. The van der Waals surface area contributed by atoms with Crippen LogP contribution in [0.1, 0.15) is 0 Å². The van der Waals surface area contributed by atoms with E-state index < -0.39 is 0 Å². The van der Waals surface area contributed by atoms with Gasteiger partial charge < -0.3 is 0 Å². The lowest BCUT2D eigenvalue weighted by molar-refractivity contribution is -0.319. The third-order valence-electron chi connectivity index (χ3n) is 3.11. The lowest BCUT2D eigenvalue weighted by Crippen LogP contribution is -2.69. The summed E-state index contributed by atoms with van der Waals surface area (Å²) in [5, 5.41) is 4.58. The number of hydrogen-bond acceptors (Lipinski definition) is 6. The fourth-order valence-corrected chi connectivity index (χ4v) is 29.6. The van der Waals surface area contributed by atoms with Gasteiger partial charge in [0.2, 0.25) is 0 Å². The first-order valence-electron chi connectivity index (χ1n) is 5.08. The SMILES string of the molecule is CN1N2N(C)P3N(C)N1P(C)P(N2C)P3C. The smallest absolute Gasteiger partial charge is 0.103 e. The van der Waals surface area contributed by atoms with E-state index in [2.05, 4.69) is 71.1 Å². The molecule has 4 aliphatic heterocycles. The molecule has 4 aliphatic rings. The Labute approximate surface area is 102 Å². The summed E-state index contributed by atoms with van der Waals surface area (Å²) in [6, 6.07) is 0. The van der Waals surface area contributed by atoms with Gasteiger partial charge in [-0.2, -0.15) is 14.3 Å². The van der Waals surface area contributed by atoms with Crippen molar-refractivity contribution in [2.24, 2.45) is 0 Å². The first-order chi connectivity index (χ1) is 7.46. The van der Waals surface area contributed by atoms with Crippen molar-refractivity contribution in [3.05, 3.63) is 0 Å². The van der Waals surface area contributed by atoms with Crippen LogP contribution in [-0.4, -0.2) is 71.1 Å². The molecule has 0 aromatic heterocycles. The van der Waals surface area contributed by atoms with E-state index >= 15 is 0 Å². The molecule has 4 heterocycles. The summed E-state index contributed by atoms with van der Waals surface area (Å²) >= 11 is 0. The summed E-state index contributed by atoms with van der Waals surface area (Å²) in [6.45, 7) is 4.92. The van der Waals surface area contributed by atoms with E-state index in [4.69, 9.17) is 0 Å². The summed E-state index contributed by atoms with van der Waals surface area (Å²) in [6.07, 6.45) is 0. The van der Waals surface area contributed by atoms with Gasteiger partial charge in [-0.05, 0) is 20.6 Å². The average Bonchev–Trinajstić information content (AvgIpc) is 2.14. The van der Waals surface area contributed by atoms with E-state index in [0.29, 0.717) is 0 Å². The summed E-state index contributed by atoms with van der Waals surface area (Å²) < 4.78 is 7.42. The minimum atomic E-state index is -0.130. The molecule has 4 fully saturated rings. The van der Waals surface area contributed by atoms with Gasteiger partial charge in [-0.3, -0.25) is 0 Å². The molecule has 0 aromatic carbocycles. The summed E-state index contributed by atoms with van der Waals surface area (Å²) in [4.78, 5) is 2.50. The molecule has 92 valence electrons. The Morgan fingerprint density at radius 2 is 1.44 bits per heavy atom. The van der Waals surface area contributed by atoms with Crippen LogP contribution in [0.25, 0.3) is 0 Å². The van der Waals surface area contributed by atoms with Gasteiger partial charge in [0.1, 0.15) is 7.91 Å².